The van der Waals surface area contributed by atoms with E-state index in [0.29, 0.717) is 18.7 Å². The maximum atomic E-state index is 11.1. The molecule has 0 aliphatic rings. The molecule has 7 nitrogen and oxygen atoms in total. The van der Waals surface area contributed by atoms with Crippen molar-refractivity contribution >= 4 is 17.1 Å². The molecule has 0 bridgehead atoms. The fourth-order valence-corrected chi connectivity index (χ4v) is 1.65. The Labute approximate surface area is 105 Å². The number of nitrogen functional groups attached to an aromatic ring is 1. The topological polar surface area (TPSA) is 105 Å². The van der Waals surface area contributed by atoms with E-state index < -0.39 is 11.0 Å². The van der Waals surface area contributed by atoms with Crippen molar-refractivity contribution in [3.63, 3.8) is 0 Å². The van der Waals surface area contributed by atoms with Crippen LogP contribution < -0.4 is 16.2 Å². The lowest BCUT2D eigenvalue weighted by molar-refractivity contribution is -0.383. The molecule has 0 aliphatic carbocycles. The van der Waals surface area contributed by atoms with E-state index in [9.17, 15) is 15.2 Å². The number of aliphatic hydroxyl groups excluding tert-OH is 1. The highest BCUT2D eigenvalue weighted by Crippen LogP contribution is 2.34. The molecule has 7 heteroatoms. The molecule has 1 aromatic rings. The number of rotatable bonds is 6. The number of nitro benzene ring substituents is 1. The van der Waals surface area contributed by atoms with Crippen molar-refractivity contribution in [1.29, 1.82) is 0 Å². The summed E-state index contributed by atoms with van der Waals surface area (Å²) < 4.78 is 0. The number of nitrogens with two attached hydrogens (primary N) is 1. The van der Waals surface area contributed by atoms with Crippen LogP contribution in [0.2, 0.25) is 0 Å². The van der Waals surface area contributed by atoms with E-state index in [2.05, 4.69) is 5.43 Å². The Morgan fingerprint density at radius 2 is 2.28 bits per heavy atom. The number of aliphatic hydroxyl groups is 1. The van der Waals surface area contributed by atoms with Crippen molar-refractivity contribution in [1.82, 2.24) is 0 Å². The van der Waals surface area contributed by atoms with Crippen LogP contribution in [0.15, 0.2) is 18.2 Å². The van der Waals surface area contributed by atoms with Gasteiger partial charge in [-0.1, -0.05) is 6.07 Å². The highest BCUT2D eigenvalue weighted by Gasteiger charge is 2.21. The number of nitrogens with one attached hydrogen (secondary N) is 1. The van der Waals surface area contributed by atoms with Gasteiger partial charge in [0.1, 0.15) is 11.4 Å². The standard InChI is InChI=1S/C11H18N4O3/c1-8(16)6-7-14(2)10-5-3-4-9(13-12)11(10)15(17)18/h3-5,8,13,16H,6-7,12H2,1-2H3. The lowest BCUT2D eigenvalue weighted by atomic mass is 10.2. The number of benzene rings is 1. The first-order valence-corrected chi connectivity index (χ1v) is 5.60. The van der Waals surface area contributed by atoms with Crippen LogP contribution in [0, 0.1) is 10.1 Å². The normalized spacial score (nSPS) is 12.0. The first-order chi connectivity index (χ1) is 8.47. The first kappa shape index (κ1) is 14.2. The van der Waals surface area contributed by atoms with Gasteiger partial charge in [-0.2, -0.15) is 0 Å². The molecule has 1 unspecified atom stereocenters. The van der Waals surface area contributed by atoms with Gasteiger partial charge in [0, 0.05) is 13.6 Å². The monoisotopic (exact) mass is 254 g/mol. The second kappa shape index (κ2) is 6.18. The van der Waals surface area contributed by atoms with E-state index in [1.165, 1.54) is 0 Å². The van der Waals surface area contributed by atoms with E-state index in [-0.39, 0.29) is 11.4 Å². The maximum absolute atomic E-state index is 11.1. The quantitative estimate of drug-likeness (QED) is 0.398. The third-order valence-corrected chi connectivity index (χ3v) is 2.65. The van der Waals surface area contributed by atoms with Gasteiger partial charge in [-0.15, -0.1) is 0 Å². The van der Waals surface area contributed by atoms with Gasteiger partial charge < -0.3 is 15.4 Å². The van der Waals surface area contributed by atoms with Crippen LogP contribution in [0.5, 0.6) is 0 Å². The Bertz CT molecular complexity index is 423. The summed E-state index contributed by atoms with van der Waals surface area (Å²) in [5.41, 5.74) is 2.99. The third-order valence-electron chi connectivity index (χ3n) is 2.65. The number of hydrogen-bond donors (Lipinski definition) is 3. The Balaban J connectivity index is 3.03. The van der Waals surface area contributed by atoms with E-state index in [1.807, 2.05) is 0 Å². The molecule has 0 aromatic heterocycles. The summed E-state index contributed by atoms with van der Waals surface area (Å²) in [6.45, 7) is 2.20. The number of nitro groups is 1. The number of hydrogen-bond acceptors (Lipinski definition) is 6. The fraction of sp³-hybridized carbons (Fsp3) is 0.455. The van der Waals surface area contributed by atoms with Gasteiger partial charge in [0.15, 0.2) is 0 Å². The predicted molar refractivity (Wildman–Crippen MR) is 70.5 cm³/mol. The molecule has 0 amide bonds. The van der Waals surface area contributed by atoms with Crippen LogP contribution >= 0.6 is 0 Å². The minimum atomic E-state index is -0.469. The van der Waals surface area contributed by atoms with Gasteiger partial charge in [0.2, 0.25) is 0 Å². The second-order valence-electron chi connectivity index (χ2n) is 4.13. The predicted octanol–water partition coefficient (Wildman–Crippen LogP) is 1.09. The number of para-hydroxylation sites is 1. The molecule has 0 spiro atoms. The molecule has 0 heterocycles. The Morgan fingerprint density at radius 3 is 2.78 bits per heavy atom. The molecular weight excluding hydrogens is 236 g/mol. The number of hydrazine groups is 1. The van der Waals surface area contributed by atoms with Crippen LogP contribution in [0.4, 0.5) is 17.1 Å². The summed E-state index contributed by atoms with van der Waals surface area (Å²) >= 11 is 0. The summed E-state index contributed by atoms with van der Waals surface area (Å²) in [5.74, 6) is 5.27. The van der Waals surface area contributed by atoms with Crippen molar-refractivity contribution in [3.8, 4) is 0 Å². The first-order valence-electron chi connectivity index (χ1n) is 5.60. The summed E-state index contributed by atoms with van der Waals surface area (Å²) in [4.78, 5) is 12.3. The molecule has 1 atom stereocenters. The van der Waals surface area contributed by atoms with Crippen molar-refractivity contribution in [3.05, 3.63) is 28.3 Å². The lowest BCUT2D eigenvalue weighted by Crippen LogP contribution is -2.23. The third kappa shape index (κ3) is 3.31. The molecule has 1 rings (SSSR count). The SMILES string of the molecule is CC(O)CCN(C)c1cccc(NN)c1[N+](=O)[O-]. The second-order valence-corrected chi connectivity index (χ2v) is 4.13. The van der Waals surface area contributed by atoms with Gasteiger partial charge in [-0.3, -0.25) is 16.0 Å². The Kier molecular flexibility index (Phi) is 4.87. The zero-order valence-corrected chi connectivity index (χ0v) is 10.5. The molecule has 100 valence electrons. The molecule has 18 heavy (non-hydrogen) atoms. The molecule has 0 saturated carbocycles. The van der Waals surface area contributed by atoms with Crippen molar-refractivity contribution < 1.29 is 10.0 Å². The maximum Gasteiger partial charge on any atom is 0.316 e. The van der Waals surface area contributed by atoms with Crippen LogP contribution in [-0.2, 0) is 0 Å². The summed E-state index contributed by atoms with van der Waals surface area (Å²) in [7, 11) is 1.74. The minimum absolute atomic E-state index is 0.0620. The molecule has 0 fully saturated rings. The summed E-state index contributed by atoms with van der Waals surface area (Å²) in [6.07, 6.45) is 0.0934. The van der Waals surface area contributed by atoms with Gasteiger partial charge >= 0.3 is 5.69 Å². The van der Waals surface area contributed by atoms with E-state index in [4.69, 9.17) is 5.84 Å². The Hall–Kier alpha value is -1.86. The highest BCUT2D eigenvalue weighted by molar-refractivity contribution is 5.76. The number of nitrogens with zero attached hydrogens (tertiary/aromatic N) is 2. The van der Waals surface area contributed by atoms with Gasteiger partial charge in [-0.05, 0) is 25.5 Å². The smallest absolute Gasteiger partial charge is 0.316 e. The van der Waals surface area contributed by atoms with Crippen LogP contribution in [-0.4, -0.2) is 29.7 Å². The molecule has 0 radical (unpaired) electrons. The largest absolute Gasteiger partial charge is 0.393 e. The number of anilines is 2. The highest BCUT2D eigenvalue weighted by atomic mass is 16.6. The van der Waals surface area contributed by atoms with Crippen molar-refractivity contribution in [2.45, 2.75) is 19.4 Å². The average molecular weight is 254 g/mol. The van der Waals surface area contributed by atoms with Crippen LogP contribution in [0.25, 0.3) is 0 Å². The average Bonchev–Trinajstić information content (AvgIpc) is 2.34. The van der Waals surface area contributed by atoms with Crippen LogP contribution in [0.1, 0.15) is 13.3 Å². The zero-order valence-electron chi connectivity index (χ0n) is 10.5. The molecule has 4 N–H and O–H groups in total. The molecular formula is C11H18N4O3. The molecule has 0 aliphatic heterocycles. The van der Waals surface area contributed by atoms with Gasteiger partial charge in [-0.25, -0.2) is 0 Å². The zero-order chi connectivity index (χ0) is 13.7. The van der Waals surface area contributed by atoms with E-state index in [0.717, 1.165) is 0 Å². The van der Waals surface area contributed by atoms with E-state index in [1.54, 1.807) is 37.1 Å². The van der Waals surface area contributed by atoms with Gasteiger partial charge in [0.05, 0.1) is 11.0 Å². The molecule has 1 aromatic carbocycles. The lowest BCUT2D eigenvalue weighted by Gasteiger charge is -2.20. The van der Waals surface area contributed by atoms with E-state index >= 15 is 0 Å². The Morgan fingerprint density at radius 1 is 1.61 bits per heavy atom. The summed E-state index contributed by atoms with van der Waals surface area (Å²) in [6, 6.07) is 4.89. The molecule has 0 saturated heterocycles. The fourth-order valence-electron chi connectivity index (χ4n) is 1.65. The van der Waals surface area contributed by atoms with Crippen molar-refractivity contribution in [2.24, 2.45) is 5.84 Å². The van der Waals surface area contributed by atoms with Gasteiger partial charge in [0.25, 0.3) is 0 Å². The van der Waals surface area contributed by atoms with Crippen molar-refractivity contribution in [2.75, 3.05) is 23.9 Å². The summed E-state index contributed by atoms with van der Waals surface area (Å²) in [5, 5.41) is 20.3. The minimum Gasteiger partial charge on any atom is -0.393 e. The van der Waals surface area contributed by atoms with Crippen LogP contribution in [0.3, 0.4) is 0 Å².